The van der Waals surface area contributed by atoms with Gasteiger partial charge in [-0.25, -0.2) is 0 Å². The first-order valence-electron chi connectivity index (χ1n) is 4.34. The summed E-state index contributed by atoms with van der Waals surface area (Å²) in [5, 5.41) is 9.36. The maximum atomic E-state index is 6.00. The zero-order chi connectivity index (χ0) is 11.5. The number of hydrogen-bond acceptors (Lipinski definition) is 5. The molecule has 0 amide bonds. The lowest BCUT2D eigenvalue weighted by molar-refractivity contribution is 0.473. The van der Waals surface area contributed by atoms with Gasteiger partial charge in [-0.05, 0) is 18.2 Å². The van der Waals surface area contributed by atoms with Crippen LogP contribution in [0.15, 0.2) is 22.7 Å². The molecule has 0 spiro atoms. The lowest BCUT2D eigenvalue weighted by Crippen LogP contribution is -1.94. The highest BCUT2D eigenvalue weighted by atomic mass is 79.9. The minimum absolute atomic E-state index is 0.356. The zero-order valence-electron chi connectivity index (χ0n) is 7.98. The Kier molecular flexibility index (Phi) is 3.75. The van der Waals surface area contributed by atoms with Crippen molar-refractivity contribution in [3.8, 4) is 10.9 Å². The summed E-state index contributed by atoms with van der Waals surface area (Å²) in [5.41, 5.74) is 5.43. The Morgan fingerprint density at radius 3 is 2.88 bits per heavy atom. The molecule has 0 saturated carbocycles. The smallest absolute Gasteiger partial charge is 0.299 e. The second-order valence-corrected chi connectivity index (χ2v) is 5.19. The van der Waals surface area contributed by atoms with E-state index in [4.69, 9.17) is 22.1 Å². The fraction of sp³-hybridized carbons (Fsp3) is 0.111. The molecular weight excluding hydrogens is 314 g/mol. The van der Waals surface area contributed by atoms with Crippen molar-refractivity contribution in [3.05, 3.63) is 32.7 Å². The van der Waals surface area contributed by atoms with Crippen molar-refractivity contribution < 1.29 is 4.74 Å². The number of rotatable bonds is 3. The highest BCUT2D eigenvalue weighted by Gasteiger charge is 2.08. The van der Waals surface area contributed by atoms with Crippen molar-refractivity contribution in [2.24, 2.45) is 5.73 Å². The van der Waals surface area contributed by atoms with E-state index in [9.17, 15) is 0 Å². The van der Waals surface area contributed by atoms with Crippen LogP contribution >= 0.6 is 38.9 Å². The maximum absolute atomic E-state index is 6.00. The van der Waals surface area contributed by atoms with Crippen LogP contribution in [0.2, 0.25) is 5.02 Å². The third-order valence-corrected chi connectivity index (χ3v) is 3.33. The number of benzene rings is 1. The van der Waals surface area contributed by atoms with Crippen LogP contribution in [-0.4, -0.2) is 10.2 Å². The van der Waals surface area contributed by atoms with Gasteiger partial charge in [0, 0.05) is 11.0 Å². The van der Waals surface area contributed by atoms with Crippen LogP contribution in [0.25, 0.3) is 0 Å². The lowest BCUT2D eigenvalue weighted by Gasteiger charge is -2.03. The van der Waals surface area contributed by atoms with E-state index in [1.54, 1.807) is 12.1 Å². The van der Waals surface area contributed by atoms with Crippen LogP contribution in [0, 0.1) is 0 Å². The molecule has 0 saturated heterocycles. The summed E-state index contributed by atoms with van der Waals surface area (Å²) in [7, 11) is 0. The standard InChI is InChI=1S/C9H7BrClN3OS/c10-5-1-2-7(6(11)3-5)15-9-14-13-8(4-12)16-9/h1-3H,4,12H2. The quantitative estimate of drug-likeness (QED) is 0.943. The lowest BCUT2D eigenvalue weighted by atomic mass is 10.3. The number of nitrogens with zero attached hydrogens (tertiary/aromatic N) is 2. The molecule has 1 aromatic heterocycles. The van der Waals surface area contributed by atoms with E-state index in [1.165, 1.54) is 11.3 Å². The largest absolute Gasteiger partial charge is 0.428 e. The number of aromatic nitrogens is 2. The minimum Gasteiger partial charge on any atom is -0.428 e. The van der Waals surface area contributed by atoms with Gasteiger partial charge in [0.2, 0.25) is 0 Å². The van der Waals surface area contributed by atoms with Gasteiger partial charge < -0.3 is 10.5 Å². The molecule has 84 valence electrons. The first-order valence-corrected chi connectivity index (χ1v) is 6.33. The van der Waals surface area contributed by atoms with Crippen LogP contribution in [0.3, 0.4) is 0 Å². The molecule has 0 atom stereocenters. The fourth-order valence-electron chi connectivity index (χ4n) is 1.01. The molecule has 2 aromatic rings. The summed E-state index contributed by atoms with van der Waals surface area (Å²) >= 11 is 10.6. The van der Waals surface area contributed by atoms with E-state index in [2.05, 4.69) is 26.1 Å². The van der Waals surface area contributed by atoms with Gasteiger partial charge in [-0.3, -0.25) is 0 Å². The Labute approximate surface area is 110 Å². The summed E-state index contributed by atoms with van der Waals surface area (Å²) in [6.07, 6.45) is 0. The molecular formula is C9H7BrClN3OS. The van der Waals surface area contributed by atoms with Gasteiger partial charge >= 0.3 is 0 Å². The topological polar surface area (TPSA) is 61.0 Å². The molecule has 1 heterocycles. The summed E-state index contributed by atoms with van der Waals surface area (Å²) in [6, 6.07) is 5.35. The monoisotopic (exact) mass is 319 g/mol. The van der Waals surface area contributed by atoms with Gasteiger partial charge in [0.1, 0.15) is 10.8 Å². The molecule has 0 bridgehead atoms. The SMILES string of the molecule is NCc1nnc(Oc2ccc(Br)cc2Cl)s1. The average molecular weight is 321 g/mol. The van der Waals surface area contributed by atoms with Crippen molar-refractivity contribution in [2.45, 2.75) is 6.54 Å². The molecule has 7 heteroatoms. The van der Waals surface area contributed by atoms with Crippen molar-refractivity contribution in [1.29, 1.82) is 0 Å². The molecule has 0 radical (unpaired) electrons. The molecule has 0 unspecified atom stereocenters. The van der Waals surface area contributed by atoms with Gasteiger partial charge in [-0.15, -0.1) is 5.10 Å². The first-order chi connectivity index (χ1) is 7.69. The number of hydrogen-bond donors (Lipinski definition) is 1. The van der Waals surface area contributed by atoms with Crippen molar-refractivity contribution in [1.82, 2.24) is 10.2 Å². The normalized spacial score (nSPS) is 10.4. The van der Waals surface area contributed by atoms with Crippen LogP contribution in [0.4, 0.5) is 0 Å². The van der Waals surface area contributed by atoms with Gasteiger partial charge in [0.25, 0.3) is 5.19 Å². The minimum atomic E-state index is 0.356. The van der Waals surface area contributed by atoms with E-state index in [0.717, 1.165) is 9.48 Å². The number of halogens is 2. The third-order valence-electron chi connectivity index (χ3n) is 1.71. The second-order valence-electron chi connectivity index (χ2n) is 2.84. The highest BCUT2D eigenvalue weighted by Crippen LogP contribution is 2.32. The molecule has 2 N–H and O–H groups in total. The molecule has 0 aliphatic rings. The van der Waals surface area contributed by atoms with E-state index in [0.29, 0.717) is 22.5 Å². The van der Waals surface area contributed by atoms with Crippen molar-refractivity contribution in [3.63, 3.8) is 0 Å². The Bertz CT molecular complexity index is 505. The summed E-state index contributed by atoms with van der Waals surface area (Å²) in [6.45, 7) is 0.356. The van der Waals surface area contributed by atoms with Crippen molar-refractivity contribution in [2.75, 3.05) is 0 Å². The molecule has 4 nitrogen and oxygen atoms in total. The molecule has 1 aromatic carbocycles. The fourth-order valence-corrected chi connectivity index (χ4v) is 2.31. The Morgan fingerprint density at radius 1 is 1.44 bits per heavy atom. The van der Waals surface area contributed by atoms with E-state index < -0.39 is 0 Å². The third kappa shape index (κ3) is 2.70. The second kappa shape index (κ2) is 5.09. The van der Waals surface area contributed by atoms with Gasteiger partial charge in [-0.2, -0.15) is 0 Å². The number of ether oxygens (including phenoxy) is 1. The molecule has 0 aliphatic heterocycles. The Hall–Kier alpha value is -0.690. The van der Waals surface area contributed by atoms with E-state index in [1.807, 2.05) is 6.07 Å². The van der Waals surface area contributed by atoms with Gasteiger partial charge in [0.15, 0.2) is 0 Å². The van der Waals surface area contributed by atoms with E-state index in [-0.39, 0.29) is 0 Å². The van der Waals surface area contributed by atoms with Crippen LogP contribution in [-0.2, 0) is 6.54 Å². The molecule has 2 rings (SSSR count). The predicted molar refractivity (Wildman–Crippen MR) is 67.0 cm³/mol. The first kappa shape index (κ1) is 11.8. The molecule has 16 heavy (non-hydrogen) atoms. The maximum Gasteiger partial charge on any atom is 0.299 e. The summed E-state index contributed by atoms with van der Waals surface area (Å²) in [5.74, 6) is 0.546. The number of nitrogens with two attached hydrogens (primary N) is 1. The molecule has 0 aliphatic carbocycles. The van der Waals surface area contributed by atoms with Gasteiger partial charge in [-0.1, -0.05) is 44.0 Å². The highest BCUT2D eigenvalue weighted by molar-refractivity contribution is 9.10. The van der Waals surface area contributed by atoms with E-state index >= 15 is 0 Å². The summed E-state index contributed by atoms with van der Waals surface area (Å²) < 4.78 is 6.38. The van der Waals surface area contributed by atoms with Crippen LogP contribution in [0.1, 0.15) is 5.01 Å². The Morgan fingerprint density at radius 2 is 2.25 bits per heavy atom. The Balaban J connectivity index is 2.20. The van der Waals surface area contributed by atoms with Crippen molar-refractivity contribution >= 4 is 38.9 Å². The molecule has 0 fully saturated rings. The van der Waals surface area contributed by atoms with Gasteiger partial charge in [0.05, 0.1) is 5.02 Å². The zero-order valence-corrected chi connectivity index (χ0v) is 11.1. The average Bonchev–Trinajstić information content (AvgIpc) is 2.70. The predicted octanol–water partition coefficient (Wildman–Crippen LogP) is 3.21. The van der Waals surface area contributed by atoms with Crippen LogP contribution < -0.4 is 10.5 Å². The summed E-state index contributed by atoms with van der Waals surface area (Å²) in [4.78, 5) is 0. The van der Waals surface area contributed by atoms with Crippen LogP contribution in [0.5, 0.6) is 10.9 Å².